The van der Waals surface area contributed by atoms with Crippen molar-refractivity contribution in [3.05, 3.63) is 71.8 Å². The molecular formula is C23H26N2O4. The standard InChI is InChI=1S/C23H26N2O4/c26-21(15-18-10-5-2-6-11-18)25-13-7-12-19(16-25)22(27)24-20(23(28)29)14-17-8-3-1-4-9-17/h1-6,8-11,19-20H,7,12-16H2,(H,24,27)(H,28,29). The van der Waals surface area contributed by atoms with Crippen molar-refractivity contribution in [3.63, 3.8) is 0 Å². The quantitative estimate of drug-likeness (QED) is 0.754. The van der Waals surface area contributed by atoms with Crippen molar-refractivity contribution < 1.29 is 19.5 Å². The number of nitrogens with one attached hydrogen (secondary N) is 1. The maximum absolute atomic E-state index is 12.7. The molecule has 0 aliphatic carbocycles. The van der Waals surface area contributed by atoms with E-state index in [0.717, 1.165) is 17.5 Å². The number of hydrogen-bond donors (Lipinski definition) is 2. The second-order valence-corrected chi connectivity index (χ2v) is 7.43. The van der Waals surface area contributed by atoms with Crippen LogP contribution in [0, 0.1) is 5.92 Å². The SMILES string of the molecule is O=C(NC(Cc1ccccc1)C(=O)O)C1CCCN(C(=O)Cc2ccccc2)C1. The smallest absolute Gasteiger partial charge is 0.326 e. The predicted octanol–water partition coefficient (Wildman–Crippen LogP) is 2.28. The number of benzene rings is 2. The maximum atomic E-state index is 12.7. The Morgan fingerprint density at radius 3 is 2.24 bits per heavy atom. The zero-order chi connectivity index (χ0) is 20.6. The van der Waals surface area contributed by atoms with E-state index in [1.807, 2.05) is 60.7 Å². The van der Waals surface area contributed by atoms with E-state index in [-0.39, 0.29) is 24.2 Å². The van der Waals surface area contributed by atoms with Crippen LogP contribution in [0.25, 0.3) is 0 Å². The molecule has 0 aromatic heterocycles. The number of piperidine rings is 1. The summed E-state index contributed by atoms with van der Waals surface area (Å²) in [6.45, 7) is 0.955. The number of carbonyl (C=O) groups excluding carboxylic acids is 2. The highest BCUT2D eigenvalue weighted by molar-refractivity contribution is 5.86. The highest BCUT2D eigenvalue weighted by atomic mass is 16.4. The van der Waals surface area contributed by atoms with Gasteiger partial charge in [0.05, 0.1) is 12.3 Å². The van der Waals surface area contributed by atoms with Gasteiger partial charge in [0.15, 0.2) is 0 Å². The molecule has 6 nitrogen and oxygen atoms in total. The number of aliphatic carboxylic acids is 1. The average Bonchev–Trinajstić information content (AvgIpc) is 2.74. The summed E-state index contributed by atoms with van der Waals surface area (Å²) in [6.07, 6.45) is 1.92. The fraction of sp³-hybridized carbons (Fsp3) is 0.348. The highest BCUT2D eigenvalue weighted by Gasteiger charge is 2.31. The van der Waals surface area contributed by atoms with Gasteiger partial charge in [-0.25, -0.2) is 4.79 Å². The van der Waals surface area contributed by atoms with Crippen LogP contribution in [0.1, 0.15) is 24.0 Å². The van der Waals surface area contributed by atoms with Gasteiger partial charge >= 0.3 is 5.97 Å². The Hall–Kier alpha value is -3.15. The van der Waals surface area contributed by atoms with Crippen LogP contribution in [0.2, 0.25) is 0 Å². The molecule has 152 valence electrons. The fourth-order valence-corrected chi connectivity index (χ4v) is 3.64. The molecule has 6 heteroatoms. The lowest BCUT2D eigenvalue weighted by Gasteiger charge is -2.32. The molecule has 1 aliphatic rings. The van der Waals surface area contributed by atoms with Gasteiger partial charge in [-0.2, -0.15) is 0 Å². The number of amides is 2. The van der Waals surface area contributed by atoms with Crippen LogP contribution in [0.5, 0.6) is 0 Å². The lowest BCUT2D eigenvalue weighted by Crippen LogP contribution is -2.50. The lowest BCUT2D eigenvalue weighted by molar-refractivity contribution is -0.143. The minimum atomic E-state index is -1.06. The number of rotatable bonds is 7. The summed E-state index contributed by atoms with van der Waals surface area (Å²) in [5.41, 5.74) is 1.79. The van der Waals surface area contributed by atoms with E-state index < -0.39 is 12.0 Å². The minimum Gasteiger partial charge on any atom is -0.480 e. The topological polar surface area (TPSA) is 86.7 Å². The molecule has 29 heavy (non-hydrogen) atoms. The molecule has 1 heterocycles. The van der Waals surface area contributed by atoms with Gasteiger partial charge in [0.1, 0.15) is 6.04 Å². The molecule has 2 unspecified atom stereocenters. The van der Waals surface area contributed by atoms with Gasteiger partial charge in [-0.05, 0) is 24.0 Å². The molecule has 1 saturated heterocycles. The van der Waals surface area contributed by atoms with E-state index in [2.05, 4.69) is 5.32 Å². The van der Waals surface area contributed by atoms with Gasteiger partial charge in [0.2, 0.25) is 11.8 Å². The van der Waals surface area contributed by atoms with Crippen molar-refractivity contribution in [2.24, 2.45) is 5.92 Å². The first-order chi connectivity index (χ1) is 14.0. The number of likely N-dealkylation sites (tertiary alicyclic amines) is 1. The molecule has 2 aromatic rings. The number of hydrogen-bond acceptors (Lipinski definition) is 3. The lowest BCUT2D eigenvalue weighted by atomic mass is 9.95. The van der Waals surface area contributed by atoms with E-state index in [0.29, 0.717) is 25.9 Å². The predicted molar refractivity (Wildman–Crippen MR) is 109 cm³/mol. The Kier molecular flexibility index (Phi) is 7.00. The van der Waals surface area contributed by atoms with Gasteiger partial charge in [-0.15, -0.1) is 0 Å². The number of carboxylic acid groups (broad SMARTS) is 1. The maximum Gasteiger partial charge on any atom is 0.326 e. The molecule has 2 atom stereocenters. The highest BCUT2D eigenvalue weighted by Crippen LogP contribution is 2.18. The number of nitrogens with zero attached hydrogens (tertiary/aromatic N) is 1. The Balaban J connectivity index is 1.58. The first-order valence-electron chi connectivity index (χ1n) is 9.91. The van der Waals surface area contributed by atoms with Crippen LogP contribution < -0.4 is 5.32 Å². The Labute approximate surface area is 170 Å². The Morgan fingerprint density at radius 1 is 1.00 bits per heavy atom. The van der Waals surface area contributed by atoms with Crippen LogP contribution in [-0.2, 0) is 27.2 Å². The van der Waals surface area contributed by atoms with Crippen LogP contribution in [0.3, 0.4) is 0 Å². The molecule has 1 aliphatic heterocycles. The average molecular weight is 394 g/mol. The normalized spacial score (nSPS) is 17.4. The summed E-state index contributed by atoms with van der Waals surface area (Å²) in [5, 5.41) is 12.2. The van der Waals surface area contributed by atoms with Crippen molar-refractivity contribution in [1.82, 2.24) is 10.2 Å². The van der Waals surface area contributed by atoms with Gasteiger partial charge in [-0.3, -0.25) is 9.59 Å². The monoisotopic (exact) mass is 394 g/mol. The summed E-state index contributed by atoms with van der Waals surface area (Å²) in [4.78, 5) is 38.7. The second kappa shape index (κ2) is 9.87. The summed E-state index contributed by atoms with van der Waals surface area (Å²) in [6, 6.07) is 17.8. The fourth-order valence-electron chi connectivity index (χ4n) is 3.64. The zero-order valence-electron chi connectivity index (χ0n) is 16.3. The summed E-state index contributed by atoms with van der Waals surface area (Å²) < 4.78 is 0. The van der Waals surface area contributed by atoms with Crippen molar-refractivity contribution in [2.45, 2.75) is 31.7 Å². The van der Waals surface area contributed by atoms with Crippen molar-refractivity contribution >= 4 is 17.8 Å². The van der Waals surface area contributed by atoms with Gasteiger partial charge in [0, 0.05) is 19.5 Å². The molecule has 0 saturated carbocycles. The van der Waals surface area contributed by atoms with Gasteiger partial charge in [-0.1, -0.05) is 60.7 Å². The molecular weight excluding hydrogens is 368 g/mol. The first-order valence-corrected chi connectivity index (χ1v) is 9.91. The third kappa shape index (κ3) is 5.91. The van der Waals surface area contributed by atoms with Crippen molar-refractivity contribution in [1.29, 1.82) is 0 Å². The molecule has 2 N–H and O–H groups in total. The largest absolute Gasteiger partial charge is 0.480 e. The molecule has 0 radical (unpaired) electrons. The van der Waals surface area contributed by atoms with Crippen LogP contribution >= 0.6 is 0 Å². The van der Waals surface area contributed by atoms with Crippen LogP contribution in [0.15, 0.2) is 60.7 Å². The van der Waals surface area contributed by atoms with E-state index >= 15 is 0 Å². The van der Waals surface area contributed by atoms with E-state index in [1.54, 1.807) is 4.90 Å². The molecule has 1 fully saturated rings. The van der Waals surface area contributed by atoms with E-state index in [4.69, 9.17) is 0 Å². The number of carboxylic acids is 1. The van der Waals surface area contributed by atoms with Crippen molar-refractivity contribution in [2.75, 3.05) is 13.1 Å². The minimum absolute atomic E-state index is 0.00669. The summed E-state index contributed by atoms with van der Waals surface area (Å²) in [7, 11) is 0. The second-order valence-electron chi connectivity index (χ2n) is 7.43. The van der Waals surface area contributed by atoms with E-state index in [9.17, 15) is 19.5 Å². The molecule has 2 amide bonds. The third-order valence-electron chi connectivity index (χ3n) is 5.24. The Bertz CT molecular complexity index is 838. The van der Waals surface area contributed by atoms with Gasteiger partial charge < -0.3 is 15.3 Å². The summed E-state index contributed by atoms with van der Waals surface area (Å²) >= 11 is 0. The molecule has 0 bridgehead atoms. The number of carbonyl (C=O) groups is 3. The van der Waals surface area contributed by atoms with Crippen molar-refractivity contribution in [3.8, 4) is 0 Å². The van der Waals surface area contributed by atoms with Gasteiger partial charge in [0.25, 0.3) is 0 Å². The third-order valence-corrected chi connectivity index (χ3v) is 5.24. The Morgan fingerprint density at radius 2 is 1.62 bits per heavy atom. The molecule has 0 spiro atoms. The van der Waals surface area contributed by atoms with E-state index in [1.165, 1.54) is 0 Å². The zero-order valence-corrected chi connectivity index (χ0v) is 16.3. The molecule has 3 rings (SSSR count). The van der Waals surface area contributed by atoms with Crippen LogP contribution in [-0.4, -0.2) is 46.9 Å². The summed E-state index contributed by atoms with van der Waals surface area (Å²) in [5.74, 6) is -1.76. The molecule has 2 aromatic carbocycles. The van der Waals surface area contributed by atoms with Crippen LogP contribution in [0.4, 0.5) is 0 Å². The first kappa shape index (κ1) is 20.6.